The first-order valence-electron chi connectivity index (χ1n) is 12.0. The molecule has 2 aromatic rings. The van der Waals surface area contributed by atoms with Crippen LogP contribution in [0.25, 0.3) is 0 Å². The molecule has 0 aromatic heterocycles. The summed E-state index contributed by atoms with van der Waals surface area (Å²) in [4.78, 5) is 12.2. The second kappa shape index (κ2) is 9.02. The highest BCUT2D eigenvalue weighted by Gasteiger charge is 2.52. The molecule has 0 spiro atoms. The van der Waals surface area contributed by atoms with Crippen LogP contribution in [0.5, 0.6) is 11.5 Å². The van der Waals surface area contributed by atoms with Crippen molar-refractivity contribution in [3.05, 3.63) is 59.2 Å². The molecule has 0 saturated carbocycles. The van der Waals surface area contributed by atoms with Crippen LogP contribution < -0.4 is 9.47 Å². The molecule has 4 rings (SSSR count). The van der Waals surface area contributed by atoms with Crippen LogP contribution in [0.3, 0.4) is 0 Å². The van der Waals surface area contributed by atoms with Crippen LogP contribution in [0, 0.1) is 11.8 Å². The Kier molecular flexibility index (Phi) is 6.45. The average Bonchev–Trinajstić information content (AvgIpc) is 2.76. The van der Waals surface area contributed by atoms with Crippen LogP contribution in [0.4, 0.5) is 0 Å². The van der Waals surface area contributed by atoms with Crippen molar-refractivity contribution >= 4 is 5.97 Å². The summed E-state index contributed by atoms with van der Waals surface area (Å²) in [7, 11) is 0. The van der Waals surface area contributed by atoms with E-state index in [2.05, 4.69) is 52.0 Å². The van der Waals surface area contributed by atoms with Crippen molar-refractivity contribution in [3.63, 3.8) is 0 Å². The highest BCUT2D eigenvalue weighted by molar-refractivity contribution is 5.71. The number of fused-ring (bicyclic) bond motifs is 3. The van der Waals surface area contributed by atoms with Crippen molar-refractivity contribution in [1.82, 2.24) is 0 Å². The lowest BCUT2D eigenvalue weighted by atomic mass is 9.71. The lowest BCUT2D eigenvalue weighted by molar-refractivity contribution is -0.192. The molecule has 0 amide bonds. The minimum atomic E-state index is -0.852. The highest BCUT2D eigenvalue weighted by Crippen LogP contribution is 2.52. The second-order valence-electron chi connectivity index (χ2n) is 10.6. The smallest absolute Gasteiger partial charge is 0.309 e. The predicted molar refractivity (Wildman–Crippen MR) is 128 cm³/mol. The zero-order valence-electron chi connectivity index (χ0n) is 20.5. The van der Waals surface area contributed by atoms with Gasteiger partial charge in [0.25, 0.3) is 0 Å². The van der Waals surface area contributed by atoms with Crippen LogP contribution in [-0.4, -0.2) is 29.4 Å². The van der Waals surface area contributed by atoms with Crippen LogP contribution in [0.15, 0.2) is 42.5 Å². The van der Waals surface area contributed by atoms with Gasteiger partial charge in [0, 0.05) is 11.5 Å². The van der Waals surface area contributed by atoms with Gasteiger partial charge in [0.2, 0.25) is 0 Å². The number of hydrogen-bond donors (Lipinski definition) is 1. The minimum Gasteiger partial charge on any atom is -0.491 e. The van der Waals surface area contributed by atoms with Gasteiger partial charge in [-0.05, 0) is 67.5 Å². The first-order valence-corrected chi connectivity index (χ1v) is 12.0. The third-order valence-corrected chi connectivity index (χ3v) is 7.19. The number of aliphatic carboxylic acids is 1. The molecule has 5 heteroatoms. The van der Waals surface area contributed by atoms with E-state index in [9.17, 15) is 9.90 Å². The number of rotatable bonds is 6. The fourth-order valence-electron chi connectivity index (χ4n) is 5.01. The Morgan fingerprint density at radius 1 is 1.06 bits per heavy atom. The molecule has 2 heterocycles. The Labute approximate surface area is 197 Å². The van der Waals surface area contributed by atoms with Crippen molar-refractivity contribution < 1.29 is 24.1 Å². The molecular weight excluding hydrogens is 416 g/mol. The van der Waals surface area contributed by atoms with Crippen molar-refractivity contribution in [3.8, 4) is 11.5 Å². The number of ether oxygens (including phenoxy) is 3. The first-order chi connectivity index (χ1) is 15.6. The van der Waals surface area contributed by atoms with Gasteiger partial charge in [-0.3, -0.25) is 4.79 Å². The molecule has 0 aliphatic carbocycles. The Bertz CT molecular complexity index is 992. The summed E-state index contributed by atoms with van der Waals surface area (Å²) in [6.45, 7) is 12.9. The molecule has 0 unspecified atom stereocenters. The molecule has 1 saturated heterocycles. The molecule has 1 N–H and O–H groups in total. The maximum Gasteiger partial charge on any atom is 0.309 e. The molecule has 0 bridgehead atoms. The van der Waals surface area contributed by atoms with Gasteiger partial charge in [0.1, 0.15) is 29.8 Å². The van der Waals surface area contributed by atoms with E-state index < -0.39 is 23.6 Å². The number of carbonyl (C=O) groups is 1. The van der Waals surface area contributed by atoms with E-state index in [1.807, 2.05) is 32.0 Å². The van der Waals surface area contributed by atoms with Gasteiger partial charge in [-0.15, -0.1) is 0 Å². The maximum atomic E-state index is 12.2. The maximum absolute atomic E-state index is 12.2. The second-order valence-corrected chi connectivity index (χ2v) is 10.6. The van der Waals surface area contributed by atoms with E-state index in [1.165, 1.54) is 11.1 Å². The van der Waals surface area contributed by atoms with E-state index >= 15 is 0 Å². The SMILES string of the molecule is CC(C)c1ccc(OC[C@@H]2O[C@@H]3c4cc(C(C)C)ccc4OC(C)(C)[C@H]3C[C@@H]2C(=O)O)cc1. The largest absolute Gasteiger partial charge is 0.491 e. The number of carboxylic acids is 1. The Hall–Kier alpha value is -2.53. The van der Waals surface area contributed by atoms with E-state index in [0.717, 1.165) is 17.1 Å². The topological polar surface area (TPSA) is 65.0 Å². The Morgan fingerprint density at radius 2 is 1.70 bits per heavy atom. The lowest BCUT2D eigenvalue weighted by Gasteiger charge is -2.50. The number of benzene rings is 2. The summed E-state index contributed by atoms with van der Waals surface area (Å²) >= 11 is 0. The quantitative estimate of drug-likeness (QED) is 0.555. The summed E-state index contributed by atoms with van der Waals surface area (Å²) < 4.78 is 18.9. The van der Waals surface area contributed by atoms with E-state index in [4.69, 9.17) is 14.2 Å². The molecular formula is C28H36O5. The standard InChI is InChI=1S/C28H36O5/c1-16(2)18-7-10-20(11-8-18)31-15-25-22(27(29)30)14-23-26(32-25)21-13-19(17(3)4)9-12-24(21)33-28(23,5)6/h7-13,16-17,22-23,25-26H,14-15H2,1-6H3,(H,29,30)/t22-,23-,25-,26+/m0/s1. The molecule has 33 heavy (non-hydrogen) atoms. The number of hydrogen-bond acceptors (Lipinski definition) is 4. The third-order valence-electron chi connectivity index (χ3n) is 7.19. The summed E-state index contributed by atoms with van der Waals surface area (Å²) in [5.74, 6) is 0.810. The molecule has 2 aliphatic rings. The number of carboxylic acid groups (broad SMARTS) is 1. The van der Waals surface area contributed by atoms with E-state index in [-0.39, 0.29) is 18.6 Å². The van der Waals surface area contributed by atoms with Crippen LogP contribution in [0.1, 0.15) is 82.6 Å². The van der Waals surface area contributed by atoms with Gasteiger partial charge in [0.15, 0.2) is 0 Å². The van der Waals surface area contributed by atoms with Gasteiger partial charge in [-0.1, -0.05) is 45.9 Å². The van der Waals surface area contributed by atoms with Gasteiger partial charge < -0.3 is 19.3 Å². The minimum absolute atomic E-state index is 0.0601. The molecule has 2 aromatic carbocycles. The Balaban J connectivity index is 1.60. The van der Waals surface area contributed by atoms with Crippen LogP contribution in [0.2, 0.25) is 0 Å². The van der Waals surface area contributed by atoms with Crippen LogP contribution in [-0.2, 0) is 9.53 Å². The fourth-order valence-corrected chi connectivity index (χ4v) is 5.01. The molecule has 0 radical (unpaired) electrons. The van der Waals surface area contributed by atoms with Crippen molar-refractivity contribution in [2.75, 3.05) is 6.61 Å². The van der Waals surface area contributed by atoms with Gasteiger partial charge in [-0.2, -0.15) is 0 Å². The van der Waals surface area contributed by atoms with Crippen molar-refractivity contribution in [2.24, 2.45) is 11.8 Å². The van der Waals surface area contributed by atoms with E-state index in [1.54, 1.807) is 0 Å². The molecule has 2 aliphatic heterocycles. The third kappa shape index (κ3) is 4.74. The molecule has 4 atom stereocenters. The molecule has 178 valence electrons. The van der Waals surface area contributed by atoms with Crippen LogP contribution >= 0.6 is 0 Å². The first kappa shape index (κ1) is 23.6. The monoisotopic (exact) mass is 452 g/mol. The lowest BCUT2D eigenvalue weighted by Crippen LogP contribution is -2.53. The molecule has 1 fully saturated rings. The summed E-state index contributed by atoms with van der Waals surface area (Å²) in [5, 5.41) is 10.00. The van der Waals surface area contributed by atoms with E-state index in [0.29, 0.717) is 18.3 Å². The summed E-state index contributed by atoms with van der Waals surface area (Å²) in [5.41, 5.74) is 2.95. The predicted octanol–water partition coefficient (Wildman–Crippen LogP) is 6.33. The van der Waals surface area contributed by atoms with Crippen molar-refractivity contribution in [1.29, 1.82) is 0 Å². The summed E-state index contributed by atoms with van der Waals surface area (Å²) in [6.07, 6.45) is -0.286. The highest BCUT2D eigenvalue weighted by atomic mass is 16.6. The summed E-state index contributed by atoms with van der Waals surface area (Å²) in [6, 6.07) is 14.3. The van der Waals surface area contributed by atoms with Gasteiger partial charge in [-0.25, -0.2) is 0 Å². The van der Waals surface area contributed by atoms with Gasteiger partial charge >= 0.3 is 5.97 Å². The zero-order chi connectivity index (χ0) is 23.9. The fraction of sp³-hybridized carbons (Fsp3) is 0.536. The Morgan fingerprint density at radius 3 is 2.30 bits per heavy atom. The average molecular weight is 453 g/mol. The molecule has 5 nitrogen and oxygen atoms in total. The zero-order valence-corrected chi connectivity index (χ0v) is 20.5. The van der Waals surface area contributed by atoms with Gasteiger partial charge in [0.05, 0.1) is 12.0 Å². The normalized spacial score (nSPS) is 25.8. The van der Waals surface area contributed by atoms with Crippen molar-refractivity contribution in [2.45, 2.75) is 77.6 Å².